The number of rotatable bonds is 2. The third-order valence-electron chi connectivity index (χ3n) is 9.25. The molecule has 0 radical (unpaired) electrons. The van der Waals surface area contributed by atoms with Gasteiger partial charge < -0.3 is 9.84 Å². The zero-order valence-electron chi connectivity index (χ0n) is 21.6. The molecule has 210 valence electrons. The third kappa shape index (κ3) is 3.46. The highest BCUT2D eigenvalue weighted by Gasteiger charge is 2.76. The van der Waals surface area contributed by atoms with Crippen molar-refractivity contribution in [1.29, 1.82) is 0 Å². The van der Waals surface area contributed by atoms with Gasteiger partial charge in [0.25, 0.3) is 11.8 Å². The number of imide groups is 2. The Labute approximate surface area is 253 Å². The Morgan fingerprint density at radius 1 is 1.00 bits per heavy atom. The molecule has 41 heavy (non-hydrogen) atoms. The number of benzene rings is 2. The molecule has 4 amide bonds. The average Bonchev–Trinajstić information content (AvgIpc) is 3.28. The first-order valence-corrected chi connectivity index (χ1v) is 14.7. The monoisotopic (exact) mass is 656 g/mol. The summed E-state index contributed by atoms with van der Waals surface area (Å²) in [6.45, 7) is 0. The van der Waals surface area contributed by atoms with Gasteiger partial charge in [-0.05, 0) is 66.8 Å². The van der Waals surface area contributed by atoms with Gasteiger partial charge in [0.05, 0.1) is 23.8 Å². The molecule has 0 bridgehead atoms. The Kier molecular flexibility index (Phi) is 5.82. The van der Waals surface area contributed by atoms with Crippen LogP contribution < -0.4 is 9.64 Å². The lowest BCUT2D eigenvalue weighted by Crippen LogP contribution is -2.61. The van der Waals surface area contributed by atoms with Crippen LogP contribution in [0.15, 0.2) is 70.4 Å². The molecule has 0 unspecified atom stereocenters. The number of carbonyl (C=O) groups is 4. The number of aromatic hydroxyl groups is 1. The molecule has 3 fully saturated rings. The highest BCUT2D eigenvalue weighted by Crippen LogP contribution is 2.64. The van der Waals surface area contributed by atoms with Crippen molar-refractivity contribution >= 4 is 68.4 Å². The second kappa shape index (κ2) is 8.93. The molecule has 8 nitrogen and oxygen atoms in total. The van der Waals surface area contributed by atoms with E-state index < -0.39 is 45.2 Å². The predicted octanol–water partition coefficient (Wildman–Crippen LogP) is 4.70. The van der Waals surface area contributed by atoms with Crippen LogP contribution in [0.1, 0.15) is 18.4 Å². The number of phenolic OH excluding ortho intramolecular Hbond substituents is 1. The molecule has 1 saturated carbocycles. The lowest BCUT2D eigenvalue weighted by Gasteiger charge is -2.51. The number of hydrogen-bond acceptors (Lipinski definition) is 6. The lowest BCUT2D eigenvalue weighted by atomic mass is 9.56. The summed E-state index contributed by atoms with van der Waals surface area (Å²) in [7, 11) is 1.35. The maximum atomic E-state index is 14.0. The van der Waals surface area contributed by atoms with Crippen LogP contribution in [-0.4, -0.2) is 50.4 Å². The molecular weight excluding hydrogens is 635 g/mol. The minimum atomic E-state index is -1.88. The first kappa shape index (κ1) is 26.7. The Balaban J connectivity index is 1.36. The minimum Gasteiger partial charge on any atom is -0.508 e. The van der Waals surface area contributed by atoms with Crippen molar-refractivity contribution in [2.75, 3.05) is 11.9 Å². The van der Waals surface area contributed by atoms with Crippen molar-refractivity contribution in [3.05, 3.63) is 76.0 Å². The van der Waals surface area contributed by atoms with Gasteiger partial charge in [-0.15, -0.1) is 23.2 Å². The topological polar surface area (TPSA) is 104 Å². The highest BCUT2D eigenvalue weighted by molar-refractivity contribution is 9.10. The molecule has 2 aliphatic carbocycles. The Morgan fingerprint density at radius 3 is 2.46 bits per heavy atom. The number of hydrogen-bond donors (Lipinski definition) is 1. The molecule has 2 aromatic carbocycles. The summed E-state index contributed by atoms with van der Waals surface area (Å²) in [6.07, 6.45) is 3.89. The second-order valence-electron chi connectivity index (χ2n) is 11.3. The van der Waals surface area contributed by atoms with E-state index in [1.807, 2.05) is 6.08 Å². The summed E-state index contributed by atoms with van der Waals surface area (Å²) in [5.41, 5.74) is 2.44. The van der Waals surface area contributed by atoms with E-state index in [1.54, 1.807) is 36.4 Å². The van der Waals surface area contributed by atoms with Crippen molar-refractivity contribution in [3.63, 3.8) is 0 Å². The molecule has 2 aromatic rings. The van der Waals surface area contributed by atoms with E-state index in [0.29, 0.717) is 28.1 Å². The van der Waals surface area contributed by atoms with Crippen molar-refractivity contribution in [2.45, 2.75) is 29.0 Å². The van der Waals surface area contributed by atoms with Gasteiger partial charge >= 0.3 is 0 Å². The van der Waals surface area contributed by atoms with E-state index in [9.17, 15) is 24.3 Å². The number of carbonyl (C=O) groups excluding carboxylic acids is 4. The summed E-state index contributed by atoms with van der Waals surface area (Å²) in [4.78, 5) is 53.4. The lowest BCUT2D eigenvalue weighted by molar-refractivity contribution is -0.138. The SMILES string of the molecule is CN1C(=O)[C@]2(Cl)C[C@@H]3C(=CC[C@@H]4C(=O)N(c5ccc(Br)cc5)C(=O)[C@@H]43)[C@H](C3=COc4ccc(O)cc4C3)[C@]2(Cl)C1=O. The first-order chi connectivity index (χ1) is 19.5. The summed E-state index contributed by atoms with van der Waals surface area (Å²) < 4.78 is 6.71. The van der Waals surface area contributed by atoms with Crippen LogP contribution in [0.4, 0.5) is 5.69 Å². The number of likely N-dealkylation sites (tertiary alicyclic amines) is 1. The highest BCUT2D eigenvalue weighted by atomic mass is 79.9. The quantitative estimate of drug-likeness (QED) is 0.285. The number of anilines is 1. The number of halogens is 3. The van der Waals surface area contributed by atoms with Crippen LogP contribution in [0.2, 0.25) is 0 Å². The van der Waals surface area contributed by atoms with Gasteiger partial charge in [0, 0.05) is 29.4 Å². The normalized spacial score (nSPS) is 34.0. The fourth-order valence-electron chi connectivity index (χ4n) is 7.40. The molecule has 0 spiro atoms. The van der Waals surface area contributed by atoms with E-state index in [-0.39, 0.29) is 36.8 Å². The molecule has 2 saturated heterocycles. The Bertz CT molecular complexity index is 1640. The van der Waals surface area contributed by atoms with Crippen LogP contribution in [0.5, 0.6) is 11.5 Å². The maximum Gasteiger partial charge on any atom is 0.253 e. The molecular formula is C30H23BrCl2N2O6. The van der Waals surface area contributed by atoms with Gasteiger partial charge in [0.2, 0.25) is 11.8 Å². The largest absolute Gasteiger partial charge is 0.508 e. The maximum absolute atomic E-state index is 14.0. The molecule has 3 heterocycles. The van der Waals surface area contributed by atoms with E-state index in [1.165, 1.54) is 24.3 Å². The molecule has 11 heteroatoms. The molecule has 6 atom stereocenters. The van der Waals surface area contributed by atoms with Crippen LogP contribution in [0.3, 0.4) is 0 Å². The van der Waals surface area contributed by atoms with Gasteiger partial charge in [-0.2, -0.15) is 0 Å². The molecule has 1 N–H and O–H groups in total. The molecule has 5 aliphatic rings. The molecule has 0 aromatic heterocycles. The van der Waals surface area contributed by atoms with Gasteiger partial charge in [-0.1, -0.05) is 27.6 Å². The zero-order chi connectivity index (χ0) is 29.0. The summed E-state index contributed by atoms with van der Waals surface area (Å²) in [6, 6.07) is 11.7. The van der Waals surface area contributed by atoms with Crippen LogP contribution in [-0.2, 0) is 25.6 Å². The van der Waals surface area contributed by atoms with Crippen LogP contribution >= 0.6 is 39.1 Å². The predicted molar refractivity (Wildman–Crippen MR) is 153 cm³/mol. The van der Waals surface area contributed by atoms with E-state index in [4.69, 9.17) is 27.9 Å². The third-order valence-corrected chi connectivity index (χ3v) is 11.2. The van der Waals surface area contributed by atoms with Crippen LogP contribution in [0.25, 0.3) is 0 Å². The van der Waals surface area contributed by atoms with Crippen molar-refractivity contribution in [3.8, 4) is 11.5 Å². The van der Waals surface area contributed by atoms with Gasteiger partial charge in [-0.25, -0.2) is 0 Å². The van der Waals surface area contributed by atoms with Crippen LogP contribution in [0, 0.1) is 23.7 Å². The van der Waals surface area contributed by atoms with Gasteiger partial charge in [0.1, 0.15) is 11.5 Å². The van der Waals surface area contributed by atoms with Gasteiger partial charge in [-0.3, -0.25) is 29.0 Å². The average molecular weight is 658 g/mol. The number of phenols is 1. The summed E-state index contributed by atoms with van der Waals surface area (Å²) in [5.74, 6) is -4.26. The number of nitrogens with zero attached hydrogens (tertiary/aromatic N) is 2. The number of ether oxygens (including phenoxy) is 1. The van der Waals surface area contributed by atoms with Crippen molar-refractivity contribution in [2.24, 2.45) is 23.7 Å². The smallest absolute Gasteiger partial charge is 0.253 e. The summed E-state index contributed by atoms with van der Waals surface area (Å²) >= 11 is 17.8. The standard InChI is InChI=1S/C30H23BrCl2N2O6/c1-34-27(39)29(32)12-21-19(7-8-20-23(21)26(38)35(25(20)37)17-4-2-16(31)3-5-17)24(30(29,33)28(34)40)15-10-14-11-18(36)6-9-22(14)41-13-15/h2-7,9,11,13,20-21,23-24,36H,8,10,12H2,1H3/t20-,21+,23-,24-,29+,30-/m0/s1. The fourth-order valence-corrected chi connectivity index (χ4v) is 8.70. The number of allylic oxidation sites excluding steroid dienone is 3. The first-order valence-electron chi connectivity index (χ1n) is 13.2. The summed E-state index contributed by atoms with van der Waals surface area (Å²) in [5, 5.41) is 10.1. The Morgan fingerprint density at radius 2 is 1.73 bits per heavy atom. The minimum absolute atomic E-state index is 0.0528. The van der Waals surface area contributed by atoms with E-state index in [0.717, 1.165) is 9.37 Å². The number of fused-ring (bicyclic) bond motifs is 5. The van der Waals surface area contributed by atoms with E-state index >= 15 is 0 Å². The van der Waals surface area contributed by atoms with Crippen molar-refractivity contribution in [1.82, 2.24) is 4.90 Å². The number of amides is 4. The van der Waals surface area contributed by atoms with Crippen molar-refractivity contribution < 1.29 is 29.0 Å². The Hall–Kier alpha value is -3.14. The molecule has 3 aliphatic heterocycles. The zero-order valence-corrected chi connectivity index (χ0v) is 24.7. The fraction of sp³-hybridized carbons (Fsp3) is 0.333. The second-order valence-corrected chi connectivity index (χ2v) is 13.4. The molecule has 7 rings (SSSR count). The van der Waals surface area contributed by atoms with E-state index in [2.05, 4.69) is 15.9 Å². The van der Waals surface area contributed by atoms with Gasteiger partial charge in [0.15, 0.2) is 9.75 Å². The number of alkyl halides is 2.